The summed E-state index contributed by atoms with van der Waals surface area (Å²) >= 11 is 0. The van der Waals surface area contributed by atoms with Gasteiger partial charge in [0, 0.05) is 24.3 Å². The van der Waals surface area contributed by atoms with Crippen LogP contribution in [0.25, 0.3) is 0 Å². The van der Waals surface area contributed by atoms with Crippen LogP contribution in [0.4, 0.5) is 5.69 Å². The van der Waals surface area contributed by atoms with Crippen molar-refractivity contribution >= 4 is 17.5 Å². The van der Waals surface area contributed by atoms with Gasteiger partial charge in [0.25, 0.3) is 0 Å². The van der Waals surface area contributed by atoms with Gasteiger partial charge in [0.2, 0.25) is 0 Å². The predicted molar refractivity (Wildman–Crippen MR) is 127 cm³/mol. The Kier molecular flexibility index (Phi) is 8.11. The third-order valence-corrected chi connectivity index (χ3v) is 5.73. The Morgan fingerprint density at radius 1 is 1.19 bits per heavy atom. The molecule has 7 heteroatoms. The zero-order chi connectivity index (χ0) is 23.1. The summed E-state index contributed by atoms with van der Waals surface area (Å²) in [5.41, 5.74) is 8.83. The zero-order valence-electron chi connectivity index (χ0n) is 19.2. The minimum atomic E-state index is -0.676. The van der Waals surface area contributed by atoms with Gasteiger partial charge in [0.1, 0.15) is 17.7 Å². The van der Waals surface area contributed by atoms with E-state index in [1.165, 1.54) is 0 Å². The number of benzene rings is 2. The van der Waals surface area contributed by atoms with E-state index < -0.39 is 6.04 Å². The SMILES string of the molecule is CCOC(=O)C(Nc1ccc(C(=N)N)cc1)c1cc(CC)cc(OC2CCN(C)CC2)c1. The maximum atomic E-state index is 12.9. The van der Waals surface area contributed by atoms with Crippen LogP contribution in [0, 0.1) is 5.41 Å². The summed E-state index contributed by atoms with van der Waals surface area (Å²) in [5.74, 6) is 0.448. The Morgan fingerprint density at radius 3 is 2.47 bits per heavy atom. The molecule has 172 valence electrons. The number of anilines is 1. The zero-order valence-corrected chi connectivity index (χ0v) is 19.2. The van der Waals surface area contributed by atoms with Crippen LogP contribution < -0.4 is 15.8 Å². The van der Waals surface area contributed by atoms with E-state index in [-0.39, 0.29) is 17.9 Å². The molecule has 4 N–H and O–H groups in total. The Bertz CT molecular complexity index is 921. The number of ether oxygens (including phenoxy) is 2. The second-order valence-corrected chi connectivity index (χ2v) is 8.20. The molecule has 0 radical (unpaired) electrons. The molecular formula is C25H34N4O3. The molecule has 1 unspecified atom stereocenters. The molecule has 0 aromatic heterocycles. The lowest BCUT2D eigenvalue weighted by atomic mass is 10.0. The smallest absolute Gasteiger partial charge is 0.333 e. The fourth-order valence-electron chi connectivity index (χ4n) is 3.84. The number of nitrogens with two attached hydrogens (primary N) is 1. The summed E-state index contributed by atoms with van der Waals surface area (Å²) in [6.07, 6.45) is 2.99. The highest BCUT2D eigenvalue weighted by Gasteiger charge is 2.24. The Labute approximate surface area is 190 Å². The summed E-state index contributed by atoms with van der Waals surface area (Å²) in [6.45, 7) is 6.23. The van der Waals surface area contributed by atoms with Crippen LogP contribution in [0.2, 0.25) is 0 Å². The number of hydrogen-bond donors (Lipinski definition) is 3. The minimum absolute atomic E-state index is 0.00448. The average Bonchev–Trinajstić information content (AvgIpc) is 2.79. The maximum absolute atomic E-state index is 12.9. The van der Waals surface area contributed by atoms with Crippen molar-refractivity contribution in [2.45, 2.75) is 45.3 Å². The topological polar surface area (TPSA) is 101 Å². The molecule has 0 amide bonds. The number of rotatable bonds is 9. The molecule has 0 saturated carbocycles. The van der Waals surface area contributed by atoms with Crippen molar-refractivity contribution in [3.05, 3.63) is 59.2 Å². The summed E-state index contributed by atoms with van der Waals surface area (Å²) in [5, 5.41) is 10.8. The van der Waals surface area contributed by atoms with Gasteiger partial charge in [0.15, 0.2) is 6.04 Å². The molecule has 1 aliphatic heterocycles. The molecule has 1 aliphatic rings. The second-order valence-electron chi connectivity index (χ2n) is 8.20. The van der Waals surface area contributed by atoms with Gasteiger partial charge < -0.3 is 25.4 Å². The van der Waals surface area contributed by atoms with Crippen LogP contribution in [-0.4, -0.2) is 49.6 Å². The van der Waals surface area contributed by atoms with Crippen LogP contribution >= 0.6 is 0 Å². The van der Waals surface area contributed by atoms with Gasteiger partial charge in [-0.3, -0.25) is 5.41 Å². The van der Waals surface area contributed by atoms with Crippen molar-refractivity contribution in [3.8, 4) is 5.75 Å². The summed E-state index contributed by atoms with van der Waals surface area (Å²) in [7, 11) is 2.13. The van der Waals surface area contributed by atoms with E-state index in [2.05, 4.69) is 30.3 Å². The Morgan fingerprint density at radius 2 is 1.88 bits per heavy atom. The number of piperidine rings is 1. The highest BCUT2D eigenvalue weighted by Crippen LogP contribution is 2.28. The molecule has 0 bridgehead atoms. The van der Waals surface area contributed by atoms with E-state index >= 15 is 0 Å². The molecule has 7 nitrogen and oxygen atoms in total. The van der Waals surface area contributed by atoms with Gasteiger partial charge in [-0.1, -0.05) is 13.0 Å². The fourth-order valence-corrected chi connectivity index (χ4v) is 3.84. The largest absolute Gasteiger partial charge is 0.490 e. The van der Waals surface area contributed by atoms with E-state index in [0.717, 1.165) is 54.9 Å². The Balaban J connectivity index is 1.87. The number of aryl methyl sites for hydroxylation is 1. The first-order valence-corrected chi connectivity index (χ1v) is 11.3. The van der Waals surface area contributed by atoms with Crippen molar-refractivity contribution in [1.82, 2.24) is 4.90 Å². The van der Waals surface area contributed by atoms with Gasteiger partial charge in [-0.05, 0) is 80.8 Å². The van der Waals surface area contributed by atoms with E-state index in [1.54, 1.807) is 19.1 Å². The number of carbonyl (C=O) groups is 1. The van der Waals surface area contributed by atoms with Gasteiger partial charge >= 0.3 is 5.97 Å². The predicted octanol–water partition coefficient (Wildman–Crippen LogP) is 3.72. The number of esters is 1. The molecule has 1 heterocycles. The van der Waals surface area contributed by atoms with Crippen molar-refractivity contribution in [1.29, 1.82) is 5.41 Å². The first kappa shape index (κ1) is 23.6. The first-order chi connectivity index (χ1) is 15.4. The number of amidine groups is 1. The first-order valence-electron chi connectivity index (χ1n) is 11.3. The van der Waals surface area contributed by atoms with Crippen LogP contribution in [0.1, 0.15) is 49.4 Å². The number of carbonyl (C=O) groups excluding carboxylic acids is 1. The molecule has 3 rings (SSSR count). The van der Waals surface area contributed by atoms with Crippen LogP contribution in [0.15, 0.2) is 42.5 Å². The number of nitrogens with one attached hydrogen (secondary N) is 2. The molecule has 2 aromatic carbocycles. The maximum Gasteiger partial charge on any atom is 0.333 e. The molecule has 1 atom stereocenters. The highest BCUT2D eigenvalue weighted by molar-refractivity contribution is 5.95. The van der Waals surface area contributed by atoms with Gasteiger partial charge in [-0.15, -0.1) is 0 Å². The summed E-state index contributed by atoms with van der Waals surface area (Å²) in [4.78, 5) is 15.2. The lowest BCUT2D eigenvalue weighted by molar-refractivity contribution is -0.144. The molecule has 1 saturated heterocycles. The average molecular weight is 439 g/mol. The molecule has 32 heavy (non-hydrogen) atoms. The van der Waals surface area contributed by atoms with Crippen LogP contribution in [0.5, 0.6) is 5.75 Å². The lowest BCUT2D eigenvalue weighted by Gasteiger charge is -2.29. The fraction of sp³-hybridized carbons (Fsp3) is 0.440. The van der Waals surface area contributed by atoms with Crippen LogP contribution in [0.3, 0.4) is 0 Å². The minimum Gasteiger partial charge on any atom is -0.490 e. The molecular weight excluding hydrogens is 404 g/mol. The molecule has 0 aliphatic carbocycles. The molecule has 0 spiro atoms. The van der Waals surface area contributed by atoms with Gasteiger partial charge in [-0.25, -0.2) is 4.79 Å². The normalized spacial score (nSPS) is 15.7. The summed E-state index contributed by atoms with van der Waals surface area (Å²) in [6, 6.07) is 12.5. The van der Waals surface area contributed by atoms with Crippen molar-refractivity contribution in [3.63, 3.8) is 0 Å². The monoisotopic (exact) mass is 438 g/mol. The lowest BCUT2D eigenvalue weighted by Crippen LogP contribution is -2.35. The molecule has 1 fully saturated rings. The number of nitrogens with zero attached hydrogens (tertiary/aromatic N) is 1. The van der Waals surface area contributed by atoms with Crippen molar-refractivity contribution in [2.24, 2.45) is 5.73 Å². The standard InChI is InChI=1S/C25H34N4O3/c1-4-17-14-19(16-22(15-17)32-21-10-12-29(3)13-11-21)23(25(30)31-5-2)28-20-8-6-18(7-9-20)24(26)27/h6-9,14-16,21,23,28H,4-5,10-13H2,1-3H3,(H3,26,27). The van der Waals surface area contributed by atoms with E-state index in [0.29, 0.717) is 12.2 Å². The van der Waals surface area contributed by atoms with E-state index in [4.69, 9.17) is 20.6 Å². The number of nitrogen functional groups attached to an aromatic ring is 1. The number of hydrogen-bond acceptors (Lipinski definition) is 6. The third-order valence-electron chi connectivity index (χ3n) is 5.73. The Hall–Kier alpha value is -3.06. The third kappa shape index (κ3) is 6.23. The van der Waals surface area contributed by atoms with E-state index in [9.17, 15) is 4.79 Å². The van der Waals surface area contributed by atoms with Gasteiger partial charge in [0.05, 0.1) is 6.61 Å². The quantitative estimate of drug-likeness (QED) is 0.313. The molecule has 2 aromatic rings. The van der Waals surface area contributed by atoms with Crippen molar-refractivity contribution < 1.29 is 14.3 Å². The second kappa shape index (κ2) is 11.0. The number of likely N-dealkylation sites (tertiary alicyclic amines) is 1. The summed E-state index contributed by atoms with van der Waals surface area (Å²) < 4.78 is 11.7. The highest BCUT2D eigenvalue weighted by atomic mass is 16.5. The van der Waals surface area contributed by atoms with Gasteiger partial charge in [-0.2, -0.15) is 0 Å². The van der Waals surface area contributed by atoms with E-state index in [1.807, 2.05) is 24.3 Å². The van der Waals surface area contributed by atoms with Crippen molar-refractivity contribution in [2.75, 3.05) is 32.1 Å². The van der Waals surface area contributed by atoms with Crippen LogP contribution in [-0.2, 0) is 16.0 Å².